The van der Waals surface area contributed by atoms with Crippen molar-refractivity contribution in [3.8, 4) is 6.07 Å². The number of amides is 1. The second-order valence-corrected chi connectivity index (χ2v) is 8.59. The Kier molecular flexibility index (Phi) is 6.28. The summed E-state index contributed by atoms with van der Waals surface area (Å²) in [4.78, 5) is 13.3. The average Bonchev–Trinajstić information content (AvgIpc) is 3.32. The van der Waals surface area contributed by atoms with Crippen LogP contribution in [0.5, 0.6) is 0 Å². The highest BCUT2D eigenvalue weighted by atomic mass is 79.9. The molecule has 0 aliphatic heterocycles. The van der Waals surface area contributed by atoms with Gasteiger partial charge in [0.15, 0.2) is 6.04 Å². The van der Waals surface area contributed by atoms with Gasteiger partial charge in [-0.25, -0.2) is 0 Å². The van der Waals surface area contributed by atoms with Crippen molar-refractivity contribution in [3.63, 3.8) is 0 Å². The fourth-order valence-electron chi connectivity index (χ4n) is 2.74. The summed E-state index contributed by atoms with van der Waals surface area (Å²) in [5.74, 6) is -1.30. The zero-order chi connectivity index (χ0) is 19.7. The number of halogens is 4. The van der Waals surface area contributed by atoms with Gasteiger partial charge in [0.05, 0.1) is 12.3 Å². The summed E-state index contributed by atoms with van der Waals surface area (Å²) in [7, 11) is 0. The summed E-state index contributed by atoms with van der Waals surface area (Å²) in [5.41, 5.74) is 4.00. The Morgan fingerprint density at radius 2 is 2.00 bits per heavy atom. The third-order valence-electron chi connectivity index (χ3n) is 4.12. The summed E-state index contributed by atoms with van der Waals surface area (Å²) in [6, 6.07) is 3.52. The van der Waals surface area contributed by atoms with Crippen molar-refractivity contribution < 1.29 is 22.5 Å². The maximum Gasteiger partial charge on any atom is 0.413 e. The predicted molar refractivity (Wildman–Crippen MR) is 94.3 cm³/mol. The van der Waals surface area contributed by atoms with Crippen molar-refractivity contribution in [1.29, 1.82) is 5.26 Å². The summed E-state index contributed by atoms with van der Waals surface area (Å²) < 4.78 is 53.7. The fraction of sp³-hybridized carbons (Fsp3) is 0.500. The van der Waals surface area contributed by atoms with Gasteiger partial charge in [0.25, 0.3) is 0 Å². The SMILES string of the molecule is C[S+]([O-])C[C@H](N)C(=O)N([C@@H](c1ccc(Br)cc1)C(F)(F)F)C1(C#N)CC1. The van der Waals surface area contributed by atoms with Gasteiger partial charge in [-0.1, -0.05) is 39.2 Å². The van der Waals surface area contributed by atoms with Gasteiger partial charge in [-0.3, -0.25) is 4.79 Å². The molecule has 0 saturated heterocycles. The molecule has 1 saturated carbocycles. The number of hydrogen-bond donors (Lipinski definition) is 1. The lowest BCUT2D eigenvalue weighted by atomic mass is 10.0. The van der Waals surface area contributed by atoms with Crippen LogP contribution in [0.4, 0.5) is 13.2 Å². The minimum atomic E-state index is -4.80. The molecule has 0 radical (unpaired) electrons. The summed E-state index contributed by atoms with van der Waals surface area (Å²) in [5, 5.41) is 9.43. The average molecular weight is 452 g/mol. The van der Waals surface area contributed by atoms with Crippen molar-refractivity contribution in [2.75, 3.05) is 12.0 Å². The first-order chi connectivity index (χ1) is 12.0. The summed E-state index contributed by atoms with van der Waals surface area (Å²) in [6.45, 7) is 0. The molecule has 1 aliphatic carbocycles. The molecule has 1 amide bonds. The standard InChI is InChI=1S/C16H17BrF3N3O2S/c1-26(25)8-12(22)14(24)23(15(9-21)6-7-15)13(16(18,19)20)10-2-4-11(17)5-3-10/h2-5,12-13H,6-8,22H2,1H3/t12-,13-,26?/m0/s1. The molecule has 1 aromatic rings. The van der Waals surface area contributed by atoms with Gasteiger partial charge in [-0.2, -0.15) is 18.4 Å². The second-order valence-electron chi connectivity index (χ2n) is 6.19. The first kappa shape index (κ1) is 21.0. The first-order valence-corrected chi connectivity index (χ1v) is 10.2. The second kappa shape index (κ2) is 7.76. The molecule has 5 nitrogen and oxygen atoms in total. The van der Waals surface area contributed by atoms with Crippen LogP contribution in [-0.2, 0) is 16.0 Å². The number of carbonyl (C=O) groups is 1. The molecule has 1 unspecified atom stereocenters. The number of nitrogens with zero attached hydrogens (tertiary/aromatic N) is 2. The molecule has 0 spiro atoms. The highest BCUT2D eigenvalue weighted by Crippen LogP contribution is 2.50. The molecule has 1 aromatic carbocycles. The van der Waals surface area contributed by atoms with Crippen molar-refractivity contribution >= 4 is 33.0 Å². The molecule has 1 aliphatic rings. The maximum atomic E-state index is 13.9. The van der Waals surface area contributed by atoms with Crippen LogP contribution in [0.25, 0.3) is 0 Å². The van der Waals surface area contributed by atoms with Crippen LogP contribution in [0.3, 0.4) is 0 Å². The van der Waals surface area contributed by atoms with E-state index in [-0.39, 0.29) is 24.2 Å². The van der Waals surface area contributed by atoms with Gasteiger partial charge in [0.1, 0.15) is 17.3 Å². The number of carbonyl (C=O) groups excluding carboxylic acids is 1. The predicted octanol–water partition coefficient (Wildman–Crippen LogP) is 2.64. The van der Waals surface area contributed by atoms with Crippen molar-refractivity contribution in [3.05, 3.63) is 34.3 Å². The molecule has 3 atom stereocenters. The van der Waals surface area contributed by atoms with Gasteiger partial charge in [0.2, 0.25) is 5.91 Å². The van der Waals surface area contributed by atoms with E-state index in [9.17, 15) is 27.8 Å². The Hall–Kier alpha value is -1.28. The monoisotopic (exact) mass is 451 g/mol. The Bertz CT molecular complexity index is 702. The molecular formula is C16H17BrF3N3O2S. The van der Waals surface area contributed by atoms with Crippen LogP contribution in [0.1, 0.15) is 24.4 Å². The van der Waals surface area contributed by atoms with Crippen LogP contribution in [0.2, 0.25) is 0 Å². The number of rotatable bonds is 6. The zero-order valence-electron chi connectivity index (χ0n) is 13.8. The topological polar surface area (TPSA) is 93.2 Å². The lowest BCUT2D eigenvalue weighted by Gasteiger charge is -2.38. The number of hydrogen-bond acceptors (Lipinski definition) is 4. The molecule has 0 heterocycles. The van der Waals surface area contributed by atoms with Crippen molar-refractivity contribution in [2.24, 2.45) is 5.73 Å². The van der Waals surface area contributed by atoms with Crippen LogP contribution in [0, 0.1) is 11.3 Å². The normalized spacial score (nSPS) is 19.2. The van der Waals surface area contributed by atoms with Crippen molar-refractivity contribution in [1.82, 2.24) is 4.90 Å². The lowest BCUT2D eigenvalue weighted by molar-refractivity contribution is -0.197. The maximum absolute atomic E-state index is 13.9. The van der Waals surface area contributed by atoms with E-state index in [0.29, 0.717) is 9.37 Å². The Labute approximate surface area is 160 Å². The third kappa shape index (κ3) is 4.52. The van der Waals surface area contributed by atoms with Gasteiger partial charge in [0, 0.05) is 4.47 Å². The molecule has 0 bridgehead atoms. The van der Waals surface area contributed by atoms with E-state index in [4.69, 9.17) is 5.73 Å². The van der Waals surface area contributed by atoms with E-state index in [2.05, 4.69) is 15.9 Å². The highest BCUT2D eigenvalue weighted by molar-refractivity contribution is 9.10. The molecule has 1 fully saturated rings. The number of benzene rings is 1. The minimum absolute atomic E-state index is 0.139. The largest absolute Gasteiger partial charge is 0.616 e. The van der Waals surface area contributed by atoms with Crippen LogP contribution in [-0.4, -0.2) is 45.1 Å². The highest BCUT2D eigenvalue weighted by Gasteiger charge is 2.60. The minimum Gasteiger partial charge on any atom is -0.616 e. The smallest absolute Gasteiger partial charge is 0.413 e. The molecule has 26 heavy (non-hydrogen) atoms. The third-order valence-corrected chi connectivity index (χ3v) is 5.47. The van der Waals surface area contributed by atoms with E-state index in [0.717, 1.165) is 0 Å². The lowest BCUT2D eigenvalue weighted by Crippen LogP contribution is -2.56. The summed E-state index contributed by atoms with van der Waals surface area (Å²) in [6.07, 6.45) is -3.22. The number of nitriles is 1. The summed E-state index contributed by atoms with van der Waals surface area (Å²) >= 11 is 1.69. The Balaban J connectivity index is 2.52. The number of alkyl halides is 3. The van der Waals surface area contributed by atoms with Gasteiger partial charge >= 0.3 is 6.18 Å². The first-order valence-electron chi connectivity index (χ1n) is 7.64. The van der Waals surface area contributed by atoms with Crippen LogP contribution < -0.4 is 5.73 Å². The van der Waals surface area contributed by atoms with E-state index in [1.807, 2.05) is 6.07 Å². The molecule has 142 valence electrons. The van der Waals surface area contributed by atoms with Crippen LogP contribution in [0.15, 0.2) is 28.7 Å². The molecule has 2 N–H and O–H groups in total. The van der Waals surface area contributed by atoms with E-state index >= 15 is 0 Å². The van der Waals surface area contributed by atoms with Gasteiger partial charge < -0.3 is 15.2 Å². The van der Waals surface area contributed by atoms with E-state index < -0.39 is 40.9 Å². The molecular weight excluding hydrogens is 435 g/mol. The zero-order valence-corrected chi connectivity index (χ0v) is 16.2. The Morgan fingerprint density at radius 3 is 2.38 bits per heavy atom. The van der Waals surface area contributed by atoms with Gasteiger partial charge in [-0.15, -0.1) is 0 Å². The Morgan fingerprint density at radius 1 is 1.46 bits per heavy atom. The van der Waals surface area contributed by atoms with Crippen molar-refractivity contribution in [2.45, 2.75) is 36.6 Å². The van der Waals surface area contributed by atoms with Gasteiger partial charge in [-0.05, 0) is 30.5 Å². The molecule has 0 aromatic heterocycles. The van der Waals surface area contributed by atoms with Crippen LogP contribution >= 0.6 is 15.9 Å². The van der Waals surface area contributed by atoms with E-state index in [1.54, 1.807) is 0 Å². The molecule has 10 heteroatoms. The fourth-order valence-corrected chi connectivity index (χ4v) is 3.66. The quantitative estimate of drug-likeness (QED) is 0.672. The number of nitrogens with two attached hydrogens (primary N) is 1. The molecule has 2 rings (SSSR count). The van der Waals surface area contributed by atoms with E-state index in [1.165, 1.54) is 30.5 Å².